The van der Waals surface area contributed by atoms with Crippen LogP contribution < -0.4 is 5.43 Å². The Morgan fingerprint density at radius 2 is 1.86 bits per heavy atom. The van der Waals surface area contributed by atoms with Gasteiger partial charge in [0.25, 0.3) is 0 Å². The molecule has 0 spiro atoms. The monoisotopic (exact) mass is 401 g/mol. The lowest BCUT2D eigenvalue weighted by Gasteiger charge is -2.00. The maximum atomic E-state index is 12.1. The highest BCUT2D eigenvalue weighted by Gasteiger charge is 2.11. The lowest BCUT2D eigenvalue weighted by Crippen LogP contribution is -2.19. The number of nitrogens with zero attached hydrogens (tertiary/aromatic N) is 4. The normalized spacial score (nSPS) is 11.1. The van der Waals surface area contributed by atoms with Gasteiger partial charge in [-0.3, -0.25) is 4.79 Å². The molecule has 0 aliphatic rings. The zero-order valence-corrected chi connectivity index (χ0v) is 16.6. The second-order valence-electron chi connectivity index (χ2n) is 6.41. The number of aromatic nitrogens is 3. The van der Waals surface area contributed by atoms with Crippen LogP contribution in [0.1, 0.15) is 16.3 Å². The molecule has 29 heavy (non-hydrogen) atoms. The number of nitrogens with one attached hydrogen (secondary N) is 1. The number of carbonyl (C=O) groups is 1. The SMILES string of the molecule is Cc1nc(CC(=O)NN=Cc2cn(-c3ccccc3)nc2-c2ccccc2)cs1. The van der Waals surface area contributed by atoms with E-state index in [1.54, 1.807) is 6.21 Å². The summed E-state index contributed by atoms with van der Waals surface area (Å²) in [5.74, 6) is -0.205. The van der Waals surface area contributed by atoms with Gasteiger partial charge in [-0.05, 0) is 19.1 Å². The fourth-order valence-corrected chi connectivity index (χ4v) is 3.49. The lowest BCUT2D eigenvalue weighted by molar-refractivity contribution is -0.120. The average Bonchev–Trinajstić information content (AvgIpc) is 3.35. The minimum Gasteiger partial charge on any atom is -0.273 e. The number of hydrogen-bond acceptors (Lipinski definition) is 5. The number of amides is 1. The van der Waals surface area contributed by atoms with Crippen LogP contribution in [0, 0.1) is 6.92 Å². The number of aryl methyl sites for hydroxylation is 1. The number of para-hydroxylation sites is 1. The fraction of sp³-hybridized carbons (Fsp3) is 0.0909. The van der Waals surface area contributed by atoms with E-state index >= 15 is 0 Å². The van der Waals surface area contributed by atoms with Crippen LogP contribution in [-0.2, 0) is 11.2 Å². The van der Waals surface area contributed by atoms with E-state index in [1.807, 2.05) is 83.8 Å². The maximum Gasteiger partial charge on any atom is 0.246 e. The van der Waals surface area contributed by atoms with E-state index in [4.69, 9.17) is 5.10 Å². The highest BCUT2D eigenvalue weighted by Crippen LogP contribution is 2.22. The summed E-state index contributed by atoms with van der Waals surface area (Å²) >= 11 is 1.53. The summed E-state index contributed by atoms with van der Waals surface area (Å²) in [6.45, 7) is 1.92. The Kier molecular flexibility index (Phi) is 5.58. The summed E-state index contributed by atoms with van der Waals surface area (Å²) in [4.78, 5) is 16.4. The second kappa shape index (κ2) is 8.62. The second-order valence-corrected chi connectivity index (χ2v) is 7.47. The van der Waals surface area contributed by atoms with Gasteiger partial charge in [-0.2, -0.15) is 10.2 Å². The molecule has 4 aromatic rings. The van der Waals surface area contributed by atoms with Crippen molar-refractivity contribution in [3.8, 4) is 16.9 Å². The van der Waals surface area contributed by atoms with Crippen molar-refractivity contribution in [1.29, 1.82) is 0 Å². The predicted molar refractivity (Wildman–Crippen MR) is 115 cm³/mol. The van der Waals surface area contributed by atoms with E-state index < -0.39 is 0 Å². The smallest absolute Gasteiger partial charge is 0.246 e. The largest absolute Gasteiger partial charge is 0.273 e. The molecule has 0 saturated carbocycles. The minimum absolute atomic E-state index is 0.205. The third-order valence-electron chi connectivity index (χ3n) is 4.21. The molecular formula is C22H19N5OS. The molecule has 2 aromatic heterocycles. The van der Waals surface area contributed by atoms with Gasteiger partial charge < -0.3 is 0 Å². The molecular weight excluding hydrogens is 382 g/mol. The van der Waals surface area contributed by atoms with Crippen molar-refractivity contribution < 1.29 is 4.79 Å². The first kappa shape index (κ1) is 18.8. The topological polar surface area (TPSA) is 72.2 Å². The van der Waals surface area contributed by atoms with Gasteiger partial charge in [0, 0.05) is 22.7 Å². The summed E-state index contributed by atoms with van der Waals surface area (Å²) in [6, 6.07) is 19.8. The maximum absolute atomic E-state index is 12.1. The van der Waals surface area contributed by atoms with Gasteiger partial charge in [-0.1, -0.05) is 48.5 Å². The number of benzene rings is 2. The Morgan fingerprint density at radius 3 is 2.55 bits per heavy atom. The van der Waals surface area contributed by atoms with Crippen molar-refractivity contribution in [3.63, 3.8) is 0 Å². The standard InChI is InChI=1S/C22H19N5OS/c1-16-24-19(15-29-16)12-21(28)25-23-13-18-14-27(20-10-6-3-7-11-20)26-22(18)17-8-4-2-5-9-17/h2-11,13-15H,12H2,1H3,(H,25,28). The van der Waals surface area contributed by atoms with Gasteiger partial charge >= 0.3 is 0 Å². The average molecular weight is 401 g/mol. The summed E-state index contributed by atoms with van der Waals surface area (Å²) in [6.07, 6.45) is 3.73. The number of hydrogen-bond donors (Lipinski definition) is 1. The van der Waals surface area contributed by atoms with E-state index in [0.717, 1.165) is 33.2 Å². The zero-order chi connectivity index (χ0) is 20.1. The molecule has 0 aliphatic carbocycles. The molecule has 144 valence electrons. The summed E-state index contributed by atoms with van der Waals surface area (Å²) in [5.41, 5.74) is 6.86. The number of rotatable bonds is 6. The van der Waals surface area contributed by atoms with Crippen molar-refractivity contribution in [2.75, 3.05) is 0 Å². The van der Waals surface area contributed by atoms with Gasteiger partial charge in [0.05, 0.1) is 29.0 Å². The van der Waals surface area contributed by atoms with Gasteiger partial charge in [0.15, 0.2) is 0 Å². The first-order valence-electron chi connectivity index (χ1n) is 9.12. The van der Waals surface area contributed by atoms with Crippen molar-refractivity contribution in [1.82, 2.24) is 20.2 Å². The highest BCUT2D eigenvalue weighted by molar-refractivity contribution is 7.09. The van der Waals surface area contributed by atoms with Crippen LogP contribution >= 0.6 is 11.3 Å². The van der Waals surface area contributed by atoms with E-state index in [1.165, 1.54) is 11.3 Å². The Bertz CT molecular complexity index is 1130. The molecule has 0 aliphatic heterocycles. The summed E-state index contributed by atoms with van der Waals surface area (Å²) < 4.78 is 1.81. The molecule has 0 radical (unpaired) electrons. The molecule has 0 saturated heterocycles. The third-order valence-corrected chi connectivity index (χ3v) is 5.03. The van der Waals surface area contributed by atoms with Gasteiger partial charge in [-0.25, -0.2) is 15.1 Å². The van der Waals surface area contributed by atoms with Crippen LogP contribution in [-0.4, -0.2) is 26.9 Å². The predicted octanol–water partition coefficient (Wildman–Crippen LogP) is 4.00. The highest BCUT2D eigenvalue weighted by atomic mass is 32.1. The van der Waals surface area contributed by atoms with Crippen molar-refractivity contribution in [3.05, 3.63) is 88.5 Å². The molecule has 7 heteroatoms. The fourth-order valence-electron chi connectivity index (χ4n) is 2.88. The molecule has 2 aromatic carbocycles. The zero-order valence-electron chi connectivity index (χ0n) is 15.8. The van der Waals surface area contributed by atoms with Crippen molar-refractivity contribution in [2.45, 2.75) is 13.3 Å². The first-order valence-corrected chi connectivity index (χ1v) is 10.0. The minimum atomic E-state index is -0.205. The van der Waals surface area contributed by atoms with Crippen LogP contribution in [0.5, 0.6) is 0 Å². The van der Waals surface area contributed by atoms with E-state index in [-0.39, 0.29) is 12.3 Å². The van der Waals surface area contributed by atoms with E-state index in [2.05, 4.69) is 15.5 Å². The molecule has 0 atom stereocenters. The molecule has 1 N–H and O–H groups in total. The first-order chi connectivity index (χ1) is 14.2. The Hall–Kier alpha value is -3.58. The van der Waals surface area contributed by atoms with Crippen molar-refractivity contribution >= 4 is 23.5 Å². The molecule has 0 fully saturated rings. The van der Waals surface area contributed by atoms with Crippen LogP contribution in [0.4, 0.5) is 0 Å². The molecule has 0 unspecified atom stereocenters. The Morgan fingerprint density at radius 1 is 1.14 bits per heavy atom. The van der Waals surface area contributed by atoms with Crippen LogP contribution in [0.15, 0.2) is 77.3 Å². The Labute approximate surface area is 172 Å². The quantitative estimate of drug-likeness (QED) is 0.392. The van der Waals surface area contributed by atoms with Gasteiger partial charge in [-0.15, -0.1) is 11.3 Å². The number of hydrazone groups is 1. The Balaban J connectivity index is 1.56. The van der Waals surface area contributed by atoms with E-state index in [0.29, 0.717) is 0 Å². The summed E-state index contributed by atoms with van der Waals surface area (Å²) in [7, 11) is 0. The van der Waals surface area contributed by atoms with E-state index in [9.17, 15) is 4.79 Å². The van der Waals surface area contributed by atoms with Gasteiger partial charge in [0.1, 0.15) is 5.69 Å². The third kappa shape index (κ3) is 4.64. The van der Waals surface area contributed by atoms with Crippen LogP contribution in [0.25, 0.3) is 16.9 Å². The molecule has 1 amide bonds. The molecule has 6 nitrogen and oxygen atoms in total. The van der Waals surface area contributed by atoms with Crippen molar-refractivity contribution in [2.24, 2.45) is 5.10 Å². The molecule has 2 heterocycles. The molecule has 4 rings (SSSR count). The van der Waals surface area contributed by atoms with Crippen LogP contribution in [0.3, 0.4) is 0 Å². The number of thiazole rings is 1. The number of carbonyl (C=O) groups excluding carboxylic acids is 1. The van der Waals surface area contributed by atoms with Crippen LogP contribution in [0.2, 0.25) is 0 Å². The summed E-state index contributed by atoms with van der Waals surface area (Å²) in [5, 5.41) is 11.7. The lowest BCUT2D eigenvalue weighted by atomic mass is 10.1. The molecule has 0 bridgehead atoms. The van der Waals surface area contributed by atoms with Gasteiger partial charge in [0.2, 0.25) is 5.91 Å².